The van der Waals surface area contributed by atoms with Gasteiger partial charge in [0, 0.05) is 6.04 Å². The Kier molecular flexibility index (Phi) is 3.27. The van der Waals surface area contributed by atoms with Crippen molar-refractivity contribution >= 4 is 0 Å². The molecule has 0 heterocycles. The standard InChI is InChI=1S/C20H35N/c1-18-9-15-10-19(2,12-18)14-20(11-15,13-18)17(21-3)16-7-5-4-6-8-16/h15-17,21H,4-14H2,1-3H3. The molecule has 5 aliphatic rings. The minimum atomic E-state index is 0.639. The van der Waals surface area contributed by atoms with Crippen LogP contribution in [0.1, 0.15) is 84.5 Å². The average Bonchev–Trinajstić information content (AvgIpc) is 2.36. The molecule has 0 saturated heterocycles. The van der Waals surface area contributed by atoms with Crippen LogP contribution in [0.4, 0.5) is 0 Å². The Balaban J connectivity index is 1.65. The van der Waals surface area contributed by atoms with E-state index in [1.807, 2.05) is 0 Å². The molecule has 3 unspecified atom stereocenters. The van der Waals surface area contributed by atoms with E-state index in [4.69, 9.17) is 0 Å². The van der Waals surface area contributed by atoms with Gasteiger partial charge < -0.3 is 5.32 Å². The summed E-state index contributed by atoms with van der Waals surface area (Å²) in [4.78, 5) is 0. The van der Waals surface area contributed by atoms with Gasteiger partial charge in [-0.15, -0.1) is 0 Å². The Morgan fingerprint density at radius 1 is 0.857 bits per heavy atom. The monoisotopic (exact) mass is 289 g/mol. The van der Waals surface area contributed by atoms with Gasteiger partial charge in [-0.05, 0) is 86.5 Å². The van der Waals surface area contributed by atoms with Crippen molar-refractivity contribution in [1.82, 2.24) is 5.32 Å². The van der Waals surface area contributed by atoms with E-state index in [0.29, 0.717) is 16.2 Å². The number of hydrogen-bond donors (Lipinski definition) is 1. The molecule has 120 valence electrons. The van der Waals surface area contributed by atoms with Gasteiger partial charge in [-0.1, -0.05) is 33.1 Å². The fourth-order valence-electron chi connectivity index (χ4n) is 8.39. The fraction of sp³-hybridized carbons (Fsp3) is 1.00. The highest BCUT2D eigenvalue weighted by atomic mass is 14.9. The van der Waals surface area contributed by atoms with Crippen molar-refractivity contribution < 1.29 is 0 Å². The van der Waals surface area contributed by atoms with Crippen LogP contribution in [0.2, 0.25) is 0 Å². The molecule has 0 radical (unpaired) electrons. The summed E-state index contributed by atoms with van der Waals surface area (Å²) in [5.41, 5.74) is 1.97. The molecule has 0 spiro atoms. The predicted octanol–water partition coefficient (Wildman–Crippen LogP) is 5.15. The van der Waals surface area contributed by atoms with E-state index in [1.54, 1.807) is 6.42 Å². The minimum Gasteiger partial charge on any atom is -0.316 e. The molecule has 0 aromatic rings. The highest BCUT2D eigenvalue weighted by Crippen LogP contribution is 2.71. The van der Waals surface area contributed by atoms with E-state index in [0.717, 1.165) is 17.9 Å². The Hall–Kier alpha value is -0.0400. The van der Waals surface area contributed by atoms with E-state index >= 15 is 0 Å². The van der Waals surface area contributed by atoms with E-state index in [1.165, 1.54) is 64.2 Å². The first-order valence-corrected chi connectivity index (χ1v) is 9.63. The van der Waals surface area contributed by atoms with Crippen molar-refractivity contribution in [2.24, 2.45) is 28.1 Å². The van der Waals surface area contributed by atoms with Crippen molar-refractivity contribution in [1.29, 1.82) is 0 Å². The Labute approximate surface area is 131 Å². The van der Waals surface area contributed by atoms with Gasteiger partial charge in [0.15, 0.2) is 0 Å². The van der Waals surface area contributed by atoms with Crippen LogP contribution in [-0.4, -0.2) is 13.1 Å². The van der Waals surface area contributed by atoms with Crippen LogP contribution in [0.5, 0.6) is 0 Å². The van der Waals surface area contributed by atoms with Crippen molar-refractivity contribution in [3.63, 3.8) is 0 Å². The van der Waals surface area contributed by atoms with Crippen molar-refractivity contribution in [2.45, 2.75) is 90.5 Å². The van der Waals surface area contributed by atoms with Gasteiger partial charge in [0.2, 0.25) is 0 Å². The zero-order valence-electron chi connectivity index (χ0n) is 14.5. The predicted molar refractivity (Wildman–Crippen MR) is 89.3 cm³/mol. The highest BCUT2D eigenvalue weighted by Gasteiger charge is 2.62. The molecule has 5 saturated carbocycles. The molecule has 3 atom stereocenters. The maximum atomic E-state index is 3.86. The smallest absolute Gasteiger partial charge is 0.0149 e. The van der Waals surface area contributed by atoms with Crippen LogP contribution >= 0.6 is 0 Å². The fourth-order valence-corrected chi connectivity index (χ4v) is 8.39. The van der Waals surface area contributed by atoms with E-state index in [2.05, 4.69) is 26.2 Å². The summed E-state index contributed by atoms with van der Waals surface area (Å²) in [6.45, 7) is 5.25. The molecular formula is C20H35N. The Bertz CT molecular complexity index is 390. The Morgan fingerprint density at radius 2 is 1.48 bits per heavy atom. The molecule has 5 aliphatic carbocycles. The lowest BCUT2D eigenvalue weighted by atomic mass is 9.38. The molecule has 0 amide bonds. The topological polar surface area (TPSA) is 12.0 Å². The van der Waals surface area contributed by atoms with Crippen LogP contribution in [0.3, 0.4) is 0 Å². The maximum absolute atomic E-state index is 3.86. The number of nitrogens with one attached hydrogen (secondary N) is 1. The summed E-state index contributed by atoms with van der Waals surface area (Å²) >= 11 is 0. The zero-order chi connectivity index (χ0) is 14.7. The number of hydrogen-bond acceptors (Lipinski definition) is 1. The second-order valence-electron chi connectivity index (χ2n) is 10.2. The SMILES string of the molecule is CNC(C1CCCCC1)C12CC3CC(C)(CC(C)(C3)C1)C2. The van der Waals surface area contributed by atoms with Gasteiger partial charge in [0.25, 0.3) is 0 Å². The molecule has 4 bridgehead atoms. The molecule has 5 fully saturated rings. The first-order valence-electron chi connectivity index (χ1n) is 9.63. The minimum absolute atomic E-state index is 0.639. The second-order valence-corrected chi connectivity index (χ2v) is 10.2. The molecule has 0 aromatic carbocycles. The van der Waals surface area contributed by atoms with Crippen LogP contribution in [-0.2, 0) is 0 Å². The summed E-state index contributed by atoms with van der Waals surface area (Å²) in [6.07, 6.45) is 16.6. The normalized spacial score (nSPS) is 51.3. The van der Waals surface area contributed by atoms with E-state index < -0.39 is 0 Å². The van der Waals surface area contributed by atoms with Crippen molar-refractivity contribution in [3.05, 3.63) is 0 Å². The number of rotatable bonds is 3. The van der Waals surface area contributed by atoms with Crippen molar-refractivity contribution in [2.75, 3.05) is 7.05 Å². The van der Waals surface area contributed by atoms with Crippen LogP contribution in [0.15, 0.2) is 0 Å². The van der Waals surface area contributed by atoms with Gasteiger partial charge in [-0.2, -0.15) is 0 Å². The molecule has 1 N–H and O–H groups in total. The largest absolute Gasteiger partial charge is 0.316 e. The molecule has 1 heteroatoms. The zero-order valence-corrected chi connectivity index (χ0v) is 14.5. The summed E-state index contributed by atoms with van der Waals surface area (Å²) in [5.74, 6) is 2.00. The third-order valence-electron chi connectivity index (χ3n) is 7.76. The first-order chi connectivity index (χ1) is 9.96. The van der Waals surface area contributed by atoms with Gasteiger partial charge in [0.05, 0.1) is 0 Å². The highest BCUT2D eigenvalue weighted by molar-refractivity contribution is 5.14. The van der Waals surface area contributed by atoms with Gasteiger partial charge in [-0.25, -0.2) is 0 Å². The first kappa shape index (κ1) is 14.5. The third-order valence-corrected chi connectivity index (χ3v) is 7.76. The quantitative estimate of drug-likeness (QED) is 0.757. The Morgan fingerprint density at radius 3 is 2.00 bits per heavy atom. The molecule has 21 heavy (non-hydrogen) atoms. The van der Waals surface area contributed by atoms with Crippen molar-refractivity contribution in [3.8, 4) is 0 Å². The average molecular weight is 290 g/mol. The molecule has 0 aliphatic heterocycles. The van der Waals surface area contributed by atoms with Gasteiger partial charge in [0.1, 0.15) is 0 Å². The lowest BCUT2D eigenvalue weighted by Gasteiger charge is -2.68. The van der Waals surface area contributed by atoms with Crippen LogP contribution < -0.4 is 5.32 Å². The summed E-state index contributed by atoms with van der Waals surface area (Å²) in [7, 11) is 2.27. The molecular weight excluding hydrogens is 254 g/mol. The summed E-state index contributed by atoms with van der Waals surface area (Å²) in [5, 5.41) is 3.86. The van der Waals surface area contributed by atoms with Crippen LogP contribution in [0.25, 0.3) is 0 Å². The molecule has 1 nitrogen and oxygen atoms in total. The summed E-state index contributed by atoms with van der Waals surface area (Å²) < 4.78 is 0. The maximum Gasteiger partial charge on any atom is 0.0149 e. The van der Waals surface area contributed by atoms with E-state index in [-0.39, 0.29) is 0 Å². The molecule has 5 rings (SSSR count). The third kappa shape index (κ3) is 2.30. The lowest BCUT2D eigenvalue weighted by Crippen LogP contribution is -2.62. The summed E-state index contributed by atoms with van der Waals surface area (Å²) in [6, 6.07) is 0.805. The second kappa shape index (κ2) is 4.73. The van der Waals surface area contributed by atoms with Gasteiger partial charge >= 0.3 is 0 Å². The molecule has 0 aromatic heterocycles. The van der Waals surface area contributed by atoms with Crippen LogP contribution in [0, 0.1) is 28.1 Å². The van der Waals surface area contributed by atoms with Gasteiger partial charge in [-0.3, -0.25) is 0 Å². The lowest BCUT2D eigenvalue weighted by molar-refractivity contribution is -0.164. The van der Waals surface area contributed by atoms with E-state index in [9.17, 15) is 0 Å².